The molecule has 0 aromatic carbocycles. The summed E-state index contributed by atoms with van der Waals surface area (Å²) in [6.07, 6.45) is 3.99. The number of hydrogen-bond acceptors (Lipinski definition) is 2. The summed E-state index contributed by atoms with van der Waals surface area (Å²) in [6.45, 7) is 12.8. The largest absolute Gasteiger partial charge is 0.312 e. The van der Waals surface area contributed by atoms with E-state index in [1.807, 2.05) is 11.3 Å². The predicted octanol–water partition coefficient (Wildman–Crippen LogP) is 5.81. The van der Waals surface area contributed by atoms with Gasteiger partial charge in [0.1, 0.15) is 0 Å². The van der Waals surface area contributed by atoms with E-state index in [-0.39, 0.29) is 5.54 Å². The van der Waals surface area contributed by atoms with E-state index < -0.39 is 0 Å². The van der Waals surface area contributed by atoms with Crippen LogP contribution in [0.2, 0.25) is 0 Å². The maximum Gasteiger partial charge on any atom is 0.0317 e. The second kappa shape index (κ2) is 6.10. The van der Waals surface area contributed by atoms with Gasteiger partial charge in [0, 0.05) is 15.4 Å². The molecular formula is C17H28BrNS. The topological polar surface area (TPSA) is 12.0 Å². The first-order valence-corrected chi connectivity index (χ1v) is 9.38. The van der Waals surface area contributed by atoms with Crippen molar-refractivity contribution in [1.82, 2.24) is 5.32 Å². The normalized spacial score (nSPS) is 26.7. The quantitative estimate of drug-likeness (QED) is 0.719. The fourth-order valence-electron chi connectivity index (χ4n) is 3.24. The summed E-state index contributed by atoms with van der Waals surface area (Å²) in [5.41, 5.74) is 2.22. The minimum Gasteiger partial charge on any atom is -0.312 e. The van der Waals surface area contributed by atoms with Crippen LogP contribution in [0.25, 0.3) is 0 Å². The van der Waals surface area contributed by atoms with Crippen molar-refractivity contribution < 1.29 is 0 Å². The molecule has 0 bridgehead atoms. The Morgan fingerprint density at radius 2 is 2.05 bits per heavy atom. The van der Waals surface area contributed by atoms with Crippen molar-refractivity contribution in [3.8, 4) is 0 Å². The van der Waals surface area contributed by atoms with E-state index in [9.17, 15) is 0 Å². The van der Waals surface area contributed by atoms with Gasteiger partial charge in [-0.05, 0) is 90.7 Å². The van der Waals surface area contributed by atoms with E-state index in [1.54, 1.807) is 0 Å². The van der Waals surface area contributed by atoms with Gasteiger partial charge in [-0.15, -0.1) is 0 Å². The van der Waals surface area contributed by atoms with Crippen LogP contribution in [0.3, 0.4) is 0 Å². The molecule has 3 heteroatoms. The zero-order valence-corrected chi connectivity index (χ0v) is 15.8. The molecule has 0 radical (unpaired) electrons. The van der Waals surface area contributed by atoms with Crippen LogP contribution in [0.1, 0.15) is 65.4 Å². The number of rotatable bonds is 3. The van der Waals surface area contributed by atoms with Crippen molar-refractivity contribution >= 4 is 27.3 Å². The van der Waals surface area contributed by atoms with Crippen LogP contribution in [0.4, 0.5) is 0 Å². The zero-order valence-electron chi connectivity index (χ0n) is 13.4. The Morgan fingerprint density at radius 1 is 1.35 bits per heavy atom. The van der Waals surface area contributed by atoms with Gasteiger partial charge in [-0.1, -0.05) is 13.8 Å². The molecule has 2 atom stereocenters. The first-order valence-electron chi connectivity index (χ1n) is 7.65. The Hall–Kier alpha value is 0.140. The van der Waals surface area contributed by atoms with E-state index in [4.69, 9.17) is 0 Å². The molecule has 2 rings (SSSR count). The zero-order chi connectivity index (χ0) is 15.0. The van der Waals surface area contributed by atoms with Crippen LogP contribution in [0.5, 0.6) is 0 Å². The number of nitrogens with one attached hydrogen (secondary N) is 1. The highest BCUT2D eigenvalue weighted by atomic mass is 79.9. The summed E-state index contributed by atoms with van der Waals surface area (Å²) in [6, 6.07) is 0. The molecule has 114 valence electrons. The average Bonchev–Trinajstić information content (AvgIpc) is 2.71. The minimum atomic E-state index is 0.212. The van der Waals surface area contributed by atoms with Crippen LogP contribution in [-0.4, -0.2) is 12.1 Å². The van der Waals surface area contributed by atoms with Gasteiger partial charge in [-0.3, -0.25) is 0 Å². The smallest absolute Gasteiger partial charge is 0.0317 e. The monoisotopic (exact) mass is 357 g/mol. The Labute approximate surface area is 136 Å². The van der Waals surface area contributed by atoms with Crippen LogP contribution < -0.4 is 5.32 Å². The third-order valence-electron chi connectivity index (χ3n) is 4.47. The molecule has 1 aliphatic rings. The fourth-order valence-corrected chi connectivity index (χ4v) is 4.90. The molecule has 1 N–H and O–H groups in total. The van der Waals surface area contributed by atoms with E-state index >= 15 is 0 Å². The van der Waals surface area contributed by atoms with Crippen LogP contribution >= 0.6 is 27.3 Å². The minimum absolute atomic E-state index is 0.212. The highest BCUT2D eigenvalue weighted by molar-refractivity contribution is 9.10. The fraction of sp³-hybridized carbons (Fsp3) is 0.765. The van der Waals surface area contributed by atoms with Gasteiger partial charge in [0.2, 0.25) is 0 Å². The molecular weight excluding hydrogens is 330 g/mol. The van der Waals surface area contributed by atoms with Crippen molar-refractivity contribution in [3.05, 3.63) is 20.8 Å². The summed E-state index contributed by atoms with van der Waals surface area (Å²) in [5, 5.41) is 8.29. The van der Waals surface area contributed by atoms with Crippen LogP contribution in [-0.2, 0) is 0 Å². The first kappa shape index (κ1) is 16.5. The molecule has 0 spiro atoms. The van der Waals surface area contributed by atoms with E-state index in [0.717, 1.165) is 12.5 Å². The molecule has 0 amide bonds. The maximum absolute atomic E-state index is 3.75. The van der Waals surface area contributed by atoms with Crippen molar-refractivity contribution in [2.75, 3.05) is 6.54 Å². The van der Waals surface area contributed by atoms with Crippen LogP contribution in [0, 0.1) is 11.3 Å². The second-order valence-corrected chi connectivity index (χ2v) is 9.68. The lowest BCUT2D eigenvalue weighted by molar-refractivity contribution is 0.154. The number of hydrogen-bond donors (Lipinski definition) is 1. The first-order chi connectivity index (χ1) is 9.18. The predicted molar refractivity (Wildman–Crippen MR) is 93.6 cm³/mol. The Kier molecular flexibility index (Phi) is 5.03. The molecule has 0 saturated heterocycles. The Morgan fingerprint density at radius 3 is 2.60 bits per heavy atom. The molecule has 20 heavy (non-hydrogen) atoms. The number of halogens is 1. The van der Waals surface area contributed by atoms with Crippen LogP contribution in [0.15, 0.2) is 15.2 Å². The lowest BCUT2D eigenvalue weighted by Crippen LogP contribution is -2.42. The third kappa shape index (κ3) is 4.32. The molecule has 1 aromatic rings. The van der Waals surface area contributed by atoms with Gasteiger partial charge >= 0.3 is 0 Å². The molecule has 1 heterocycles. The van der Waals surface area contributed by atoms with Gasteiger partial charge in [-0.25, -0.2) is 0 Å². The average molecular weight is 358 g/mol. The van der Waals surface area contributed by atoms with E-state index in [0.29, 0.717) is 11.3 Å². The second-order valence-electron chi connectivity index (χ2n) is 8.08. The van der Waals surface area contributed by atoms with Gasteiger partial charge in [0.05, 0.1) is 0 Å². The lowest BCUT2D eigenvalue weighted by atomic mass is 9.65. The molecule has 1 aromatic heterocycles. The van der Waals surface area contributed by atoms with Crippen molar-refractivity contribution in [2.24, 2.45) is 11.3 Å². The molecule has 2 unspecified atom stereocenters. The van der Waals surface area contributed by atoms with Gasteiger partial charge in [0.15, 0.2) is 0 Å². The molecule has 1 saturated carbocycles. The highest BCUT2D eigenvalue weighted by Crippen LogP contribution is 2.48. The summed E-state index contributed by atoms with van der Waals surface area (Å²) in [4.78, 5) is 0. The molecule has 1 nitrogen and oxygen atoms in total. The highest BCUT2D eigenvalue weighted by Gasteiger charge is 2.36. The lowest BCUT2D eigenvalue weighted by Gasteiger charge is -2.42. The summed E-state index contributed by atoms with van der Waals surface area (Å²) >= 11 is 5.57. The van der Waals surface area contributed by atoms with Gasteiger partial charge in [0.25, 0.3) is 0 Å². The SMILES string of the molecule is CC1(C)CCC(CNC(C)(C)C)C(c2cscc2Br)C1. The molecule has 0 aliphatic heterocycles. The van der Waals surface area contributed by atoms with Crippen molar-refractivity contribution in [2.45, 2.75) is 65.3 Å². The number of thiophene rings is 1. The van der Waals surface area contributed by atoms with E-state index in [1.165, 1.54) is 29.3 Å². The van der Waals surface area contributed by atoms with Gasteiger partial charge in [-0.2, -0.15) is 11.3 Å². The Bertz CT molecular complexity index is 444. The maximum atomic E-state index is 3.75. The van der Waals surface area contributed by atoms with Crippen molar-refractivity contribution in [1.29, 1.82) is 0 Å². The Balaban J connectivity index is 2.15. The summed E-state index contributed by atoms with van der Waals surface area (Å²) in [5.74, 6) is 1.45. The molecule has 1 aliphatic carbocycles. The third-order valence-corrected chi connectivity index (χ3v) is 6.22. The van der Waals surface area contributed by atoms with Gasteiger partial charge < -0.3 is 5.32 Å². The molecule has 1 fully saturated rings. The standard InChI is InChI=1S/C17H28BrNS/c1-16(2,3)19-9-12-6-7-17(4,5)8-13(12)14-10-20-11-15(14)18/h10-13,19H,6-9H2,1-5H3. The van der Waals surface area contributed by atoms with Crippen molar-refractivity contribution in [3.63, 3.8) is 0 Å². The summed E-state index contributed by atoms with van der Waals surface area (Å²) < 4.78 is 1.31. The summed E-state index contributed by atoms with van der Waals surface area (Å²) in [7, 11) is 0. The van der Waals surface area contributed by atoms with E-state index in [2.05, 4.69) is 66.6 Å².